The molecule has 0 N–H and O–H groups in total. The molecule has 0 aliphatic rings. The van der Waals surface area contributed by atoms with E-state index in [1.54, 1.807) is 0 Å². The largest absolute Gasteiger partial charge is 0.462 e. The summed E-state index contributed by atoms with van der Waals surface area (Å²) in [5.41, 5.74) is 0. The van der Waals surface area contributed by atoms with Crippen LogP contribution in [0, 0.1) is 0 Å². The lowest BCUT2D eigenvalue weighted by molar-refractivity contribution is -0.167. The van der Waals surface area contributed by atoms with Crippen LogP contribution in [-0.2, 0) is 28.6 Å². The maximum absolute atomic E-state index is 12.7. The first-order valence-corrected chi connectivity index (χ1v) is 22.8. The molecule has 0 fully saturated rings. The third-order valence-electron chi connectivity index (χ3n) is 9.46. The quantitative estimate of drug-likeness (QED) is 0.0267. The van der Waals surface area contributed by atoms with Gasteiger partial charge in [0.15, 0.2) is 6.10 Å². The van der Waals surface area contributed by atoms with Crippen LogP contribution in [-0.4, -0.2) is 37.2 Å². The van der Waals surface area contributed by atoms with E-state index in [-0.39, 0.29) is 37.5 Å². The number of rotatable bonds is 40. The van der Waals surface area contributed by atoms with E-state index in [2.05, 4.69) is 81.5 Å². The number of ether oxygens (including phenoxy) is 3. The Balaban J connectivity index is 4.44. The van der Waals surface area contributed by atoms with E-state index in [9.17, 15) is 14.4 Å². The lowest BCUT2D eigenvalue weighted by atomic mass is 10.1. The van der Waals surface area contributed by atoms with Gasteiger partial charge in [0, 0.05) is 19.3 Å². The predicted molar refractivity (Wildman–Crippen MR) is 233 cm³/mol. The molecule has 0 aromatic rings. The summed E-state index contributed by atoms with van der Waals surface area (Å²) >= 11 is 0. The van der Waals surface area contributed by atoms with Crippen molar-refractivity contribution in [1.82, 2.24) is 0 Å². The van der Waals surface area contributed by atoms with E-state index in [0.29, 0.717) is 19.3 Å². The van der Waals surface area contributed by atoms with Crippen LogP contribution >= 0.6 is 0 Å². The highest BCUT2D eigenvalue weighted by atomic mass is 16.6. The molecule has 0 spiro atoms. The van der Waals surface area contributed by atoms with Gasteiger partial charge in [-0.3, -0.25) is 14.4 Å². The summed E-state index contributed by atoms with van der Waals surface area (Å²) in [6.07, 6.45) is 52.1. The molecule has 6 nitrogen and oxygen atoms in total. The second-order valence-electron chi connectivity index (χ2n) is 14.9. The molecule has 1 unspecified atom stereocenters. The smallest absolute Gasteiger partial charge is 0.306 e. The molecule has 0 saturated heterocycles. The molecule has 0 aromatic heterocycles. The van der Waals surface area contributed by atoms with Crippen molar-refractivity contribution in [2.24, 2.45) is 0 Å². The first-order chi connectivity index (χ1) is 27.0. The molecular formula is C49H84O6. The van der Waals surface area contributed by atoms with Crippen molar-refractivity contribution >= 4 is 17.9 Å². The Kier molecular flexibility index (Phi) is 41.5. The molecule has 0 amide bonds. The number of allylic oxidation sites excluding steroid dienone is 10. The standard InChI is InChI=1S/C49H84O6/c1-4-7-10-13-16-19-22-23-24-25-26-27-28-31-33-36-39-42-48(51)54-45-46(55-49(52)43-40-37-34-30-21-18-15-12-9-6-3)44-53-47(50)41-38-35-32-29-20-17-14-11-8-5-2/h14-15,17-18,23-24,26-27,31,33,46H,4-13,16,19-22,25,28-30,32,34-45H2,1-3H3/b17-14-,18-15-,24-23-,27-26-,33-31-. The molecule has 1 atom stereocenters. The van der Waals surface area contributed by atoms with Gasteiger partial charge in [-0.25, -0.2) is 0 Å². The Bertz CT molecular complexity index is 1020. The molecule has 0 saturated carbocycles. The number of carbonyl (C=O) groups excluding carboxylic acids is 3. The molecule has 0 radical (unpaired) electrons. The number of hydrogen-bond donors (Lipinski definition) is 0. The average Bonchev–Trinajstić information content (AvgIpc) is 3.18. The number of hydrogen-bond acceptors (Lipinski definition) is 6. The van der Waals surface area contributed by atoms with Gasteiger partial charge in [-0.15, -0.1) is 0 Å². The van der Waals surface area contributed by atoms with Crippen molar-refractivity contribution in [2.45, 2.75) is 219 Å². The van der Waals surface area contributed by atoms with Crippen LogP contribution in [0.4, 0.5) is 0 Å². The van der Waals surface area contributed by atoms with Crippen molar-refractivity contribution in [3.63, 3.8) is 0 Å². The number of esters is 3. The minimum atomic E-state index is -0.801. The van der Waals surface area contributed by atoms with Crippen LogP contribution in [0.2, 0.25) is 0 Å². The Morgan fingerprint density at radius 3 is 1.16 bits per heavy atom. The first kappa shape index (κ1) is 52.1. The fourth-order valence-corrected chi connectivity index (χ4v) is 5.95. The lowest BCUT2D eigenvalue weighted by Crippen LogP contribution is -2.30. The van der Waals surface area contributed by atoms with E-state index < -0.39 is 6.10 Å². The molecule has 0 aliphatic heterocycles. The molecular weight excluding hydrogens is 685 g/mol. The van der Waals surface area contributed by atoms with Gasteiger partial charge in [-0.05, 0) is 89.9 Å². The van der Waals surface area contributed by atoms with Gasteiger partial charge < -0.3 is 14.2 Å². The second-order valence-corrected chi connectivity index (χ2v) is 14.9. The van der Waals surface area contributed by atoms with Crippen molar-refractivity contribution in [3.8, 4) is 0 Å². The van der Waals surface area contributed by atoms with Crippen LogP contribution in [0.5, 0.6) is 0 Å². The highest BCUT2D eigenvalue weighted by molar-refractivity contribution is 5.71. The lowest BCUT2D eigenvalue weighted by Gasteiger charge is -2.18. The van der Waals surface area contributed by atoms with Crippen LogP contribution in [0.25, 0.3) is 0 Å². The summed E-state index contributed by atoms with van der Waals surface area (Å²) < 4.78 is 16.6. The Labute approximate surface area is 339 Å². The van der Waals surface area contributed by atoms with Crippen molar-refractivity contribution in [3.05, 3.63) is 60.8 Å². The fourth-order valence-electron chi connectivity index (χ4n) is 5.95. The van der Waals surface area contributed by atoms with E-state index >= 15 is 0 Å². The summed E-state index contributed by atoms with van der Waals surface area (Å²) in [5, 5.41) is 0. The van der Waals surface area contributed by atoms with Gasteiger partial charge in [-0.2, -0.15) is 0 Å². The van der Waals surface area contributed by atoms with Gasteiger partial charge in [0.25, 0.3) is 0 Å². The van der Waals surface area contributed by atoms with Gasteiger partial charge in [-0.1, -0.05) is 165 Å². The number of unbranched alkanes of at least 4 members (excludes halogenated alkanes) is 19. The Hall–Kier alpha value is -2.89. The minimum absolute atomic E-state index is 0.101. The summed E-state index contributed by atoms with van der Waals surface area (Å²) in [4.78, 5) is 37.6. The molecule has 6 heteroatoms. The minimum Gasteiger partial charge on any atom is -0.462 e. The first-order valence-electron chi connectivity index (χ1n) is 22.8. The Morgan fingerprint density at radius 2 is 0.691 bits per heavy atom. The van der Waals surface area contributed by atoms with E-state index in [4.69, 9.17) is 14.2 Å². The van der Waals surface area contributed by atoms with Crippen LogP contribution in [0.3, 0.4) is 0 Å². The summed E-state index contributed by atoms with van der Waals surface area (Å²) in [5.74, 6) is -0.988. The van der Waals surface area contributed by atoms with E-state index in [0.717, 1.165) is 96.3 Å². The zero-order chi connectivity index (χ0) is 40.1. The highest BCUT2D eigenvalue weighted by Crippen LogP contribution is 2.12. The van der Waals surface area contributed by atoms with Crippen LogP contribution in [0.1, 0.15) is 213 Å². The fraction of sp³-hybridized carbons (Fsp3) is 0.735. The summed E-state index contributed by atoms with van der Waals surface area (Å²) in [6, 6.07) is 0. The van der Waals surface area contributed by atoms with E-state index in [1.165, 1.54) is 70.6 Å². The number of carbonyl (C=O) groups is 3. The van der Waals surface area contributed by atoms with Crippen molar-refractivity contribution < 1.29 is 28.6 Å². The Morgan fingerprint density at radius 1 is 0.364 bits per heavy atom. The topological polar surface area (TPSA) is 78.9 Å². The van der Waals surface area contributed by atoms with Gasteiger partial charge in [0.05, 0.1) is 0 Å². The second kappa shape index (κ2) is 43.8. The van der Waals surface area contributed by atoms with E-state index in [1.807, 2.05) is 0 Å². The van der Waals surface area contributed by atoms with Crippen molar-refractivity contribution in [1.29, 1.82) is 0 Å². The van der Waals surface area contributed by atoms with Gasteiger partial charge in [0.2, 0.25) is 0 Å². The molecule has 0 heterocycles. The third-order valence-corrected chi connectivity index (χ3v) is 9.46. The zero-order valence-corrected chi connectivity index (χ0v) is 35.9. The maximum Gasteiger partial charge on any atom is 0.306 e. The normalized spacial score (nSPS) is 12.6. The molecule has 0 bridgehead atoms. The summed E-state index contributed by atoms with van der Waals surface area (Å²) in [7, 11) is 0. The van der Waals surface area contributed by atoms with Gasteiger partial charge in [0.1, 0.15) is 13.2 Å². The maximum atomic E-state index is 12.7. The molecule has 0 rings (SSSR count). The molecule has 55 heavy (non-hydrogen) atoms. The van der Waals surface area contributed by atoms with Crippen LogP contribution in [0.15, 0.2) is 60.8 Å². The SMILES string of the molecule is CCCC/C=C\CCCCCCC(=O)OCC(COC(=O)CCC/C=C\C/C=C\C/C=C\CCCCCCCC)OC(=O)CCCCCC/C=C\CCCC. The molecule has 0 aliphatic carbocycles. The predicted octanol–water partition coefficient (Wildman–Crippen LogP) is 14.5. The summed E-state index contributed by atoms with van der Waals surface area (Å²) in [6.45, 7) is 6.46. The van der Waals surface area contributed by atoms with Crippen molar-refractivity contribution in [2.75, 3.05) is 13.2 Å². The monoisotopic (exact) mass is 769 g/mol. The third kappa shape index (κ3) is 42.1. The molecule has 0 aromatic carbocycles. The average molecular weight is 769 g/mol. The van der Waals surface area contributed by atoms with Crippen LogP contribution < -0.4 is 0 Å². The van der Waals surface area contributed by atoms with Gasteiger partial charge >= 0.3 is 17.9 Å². The highest BCUT2D eigenvalue weighted by Gasteiger charge is 2.19. The molecule has 316 valence electrons. The zero-order valence-electron chi connectivity index (χ0n) is 35.9.